The van der Waals surface area contributed by atoms with E-state index in [-0.39, 0.29) is 18.1 Å². The number of thioether (sulfide) groups is 1. The molecule has 0 saturated heterocycles. The van der Waals surface area contributed by atoms with Gasteiger partial charge in [-0.2, -0.15) is 0 Å². The zero-order chi connectivity index (χ0) is 17.8. The van der Waals surface area contributed by atoms with Gasteiger partial charge in [0.1, 0.15) is 0 Å². The summed E-state index contributed by atoms with van der Waals surface area (Å²) in [6.07, 6.45) is 0. The van der Waals surface area contributed by atoms with Crippen LogP contribution in [0, 0.1) is 6.92 Å². The Hall–Kier alpha value is -2.80. The molecule has 0 unspecified atom stereocenters. The van der Waals surface area contributed by atoms with Gasteiger partial charge in [-0.05, 0) is 36.8 Å². The van der Waals surface area contributed by atoms with E-state index in [0.717, 1.165) is 10.5 Å². The molecular formula is C18H16N2O4S. The quantitative estimate of drug-likeness (QED) is 0.823. The van der Waals surface area contributed by atoms with Crippen molar-refractivity contribution in [1.29, 1.82) is 0 Å². The summed E-state index contributed by atoms with van der Waals surface area (Å²) >= 11 is 1.41. The SMILES string of the molecule is Cc1ccccc1NC(=O)COC(=O)c1ccc2c(c1)NC(=O)CS2. The Morgan fingerprint density at radius 1 is 1.24 bits per heavy atom. The van der Waals surface area contributed by atoms with Crippen LogP contribution in [0.2, 0.25) is 0 Å². The Bertz CT molecular complexity index is 851. The Morgan fingerprint density at radius 2 is 2.04 bits per heavy atom. The first-order valence-electron chi connectivity index (χ1n) is 7.62. The van der Waals surface area contributed by atoms with Crippen molar-refractivity contribution >= 4 is 40.9 Å². The van der Waals surface area contributed by atoms with Crippen molar-refractivity contribution in [1.82, 2.24) is 0 Å². The normalized spacial score (nSPS) is 12.8. The number of para-hydroxylation sites is 1. The maximum Gasteiger partial charge on any atom is 0.338 e. The van der Waals surface area contributed by atoms with Gasteiger partial charge in [0.2, 0.25) is 5.91 Å². The van der Waals surface area contributed by atoms with Crippen molar-refractivity contribution in [3.63, 3.8) is 0 Å². The van der Waals surface area contributed by atoms with Crippen LogP contribution in [-0.2, 0) is 14.3 Å². The predicted octanol–water partition coefficient (Wildman–Crippen LogP) is 2.83. The summed E-state index contributed by atoms with van der Waals surface area (Å²) in [5.41, 5.74) is 2.47. The molecule has 2 aromatic rings. The molecule has 0 fully saturated rings. The molecule has 0 atom stereocenters. The van der Waals surface area contributed by atoms with Gasteiger partial charge in [0, 0.05) is 10.6 Å². The van der Waals surface area contributed by atoms with Crippen LogP contribution in [0.15, 0.2) is 47.4 Å². The minimum absolute atomic E-state index is 0.111. The highest BCUT2D eigenvalue weighted by Crippen LogP contribution is 2.32. The Morgan fingerprint density at radius 3 is 2.84 bits per heavy atom. The fraction of sp³-hybridized carbons (Fsp3) is 0.167. The molecule has 2 amide bonds. The number of ether oxygens (including phenoxy) is 1. The van der Waals surface area contributed by atoms with E-state index in [1.54, 1.807) is 24.3 Å². The summed E-state index contributed by atoms with van der Waals surface area (Å²) in [6, 6.07) is 12.3. The van der Waals surface area contributed by atoms with Crippen molar-refractivity contribution in [2.45, 2.75) is 11.8 Å². The molecule has 0 saturated carbocycles. The van der Waals surface area contributed by atoms with Crippen molar-refractivity contribution in [2.75, 3.05) is 23.0 Å². The van der Waals surface area contributed by atoms with Crippen molar-refractivity contribution in [2.24, 2.45) is 0 Å². The number of aryl methyl sites for hydroxylation is 1. The number of rotatable bonds is 4. The molecule has 1 aliphatic heterocycles. The highest BCUT2D eigenvalue weighted by molar-refractivity contribution is 8.00. The van der Waals surface area contributed by atoms with E-state index in [0.29, 0.717) is 17.1 Å². The van der Waals surface area contributed by atoms with E-state index in [1.807, 2.05) is 25.1 Å². The highest BCUT2D eigenvalue weighted by Gasteiger charge is 2.18. The number of carbonyl (C=O) groups is 3. The smallest absolute Gasteiger partial charge is 0.338 e. The standard InChI is InChI=1S/C18H16N2O4S/c1-11-4-2-3-5-13(11)19-16(21)9-24-18(23)12-6-7-15-14(8-12)20-17(22)10-25-15/h2-8H,9-10H2,1H3,(H,19,21)(H,20,22). The molecule has 2 aromatic carbocycles. The number of esters is 1. The van der Waals surface area contributed by atoms with Crippen LogP contribution < -0.4 is 10.6 Å². The number of nitrogens with one attached hydrogen (secondary N) is 2. The van der Waals surface area contributed by atoms with Crippen molar-refractivity contribution in [3.05, 3.63) is 53.6 Å². The van der Waals surface area contributed by atoms with Crippen molar-refractivity contribution in [3.8, 4) is 0 Å². The second-order valence-corrected chi connectivity index (χ2v) is 6.50. The lowest BCUT2D eigenvalue weighted by atomic mass is 10.2. The molecule has 1 heterocycles. The number of carbonyl (C=O) groups excluding carboxylic acids is 3. The summed E-state index contributed by atoms with van der Waals surface area (Å²) in [4.78, 5) is 36.4. The second kappa shape index (κ2) is 7.40. The van der Waals surface area contributed by atoms with E-state index < -0.39 is 11.9 Å². The van der Waals surface area contributed by atoms with Crippen LogP contribution in [-0.4, -0.2) is 30.1 Å². The van der Waals surface area contributed by atoms with E-state index in [4.69, 9.17) is 4.74 Å². The van der Waals surface area contributed by atoms with Crippen LogP contribution in [0.25, 0.3) is 0 Å². The van der Waals surface area contributed by atoms with Crippen molar-refractivity contribution < 1.29 is 19.1 Å². The topological polar surface area (TPSA) is 84.5 Å². The Kier molecular flexibility index (Phi) is 5.04. The number of benzene rings is 2. The number of hydrogen-bond acceptors (Lipinski definition) is 5. The molecule has 128 valence electrons. The fourth-order valence-electron chi connectivity index (χ4n) is 2.32. The molecular weight excluding hydrogens is 340 g/mol. The first kappa shape index (κ1) is 17.0. The lowest BCUT2D eigenvalue weighted by Crippen LogP contribution is -2.22. The lowest BCUT2D eigenvalue weighted by Gasteiger charge is -2.16. The average Bonchev–Trinajstić information content (AvgIpc) is 2.61. The second-order valence-electron chi connectivity index (χ2n) is 5.49. The largest absolute Gasteiger partial charge is 0.452 e. The Labute approximate surface area is 148 Å². The molecule has 2 N–H and O–H groups in total. The van der Waals surface area contributed by atoms with Gasteiger partial charge < -0.3 is 15.4 Å². The third-order valence-corrected chi connectivity index (χ3v) is 4.68. The average molecular weight is 356 g/mol. The van der Waals surface area contributed by atoms with E-state index in [2.05, 4.69) is 10.6 Å². The molecule has 0 bridgehead atoms. The zero-order valence-electron chi connectivity index (χ0n) is 13.5. The highest BCUT2D eigenvalue weighted by atomic mass is 32.2. The molecule has 7 heteroatoms. The van der Waals surface area contributed by atoms with E-state index in [1.165, 1.54) is 11.8 Å². The first-order chi connectivity index (χ1) is 12.0. The summed E-state index contributed by atoms with van der Waals surface area (Å²) in [5, 5.41) is 5.41. The molecule has 3 rings (SSSR count). The number of anilines is 2. The summed E-state index contributed by atoms with van der Waals surface area (Å²) < 4.78 is 5.05. The Balaban J connectivity index is 1.59. The first-order valence-corrected chi connectivity index (χ1v) is 8.61. The molecule has 0 aromatic heterocycles. The van der Waals surface area contributed by atoms with Crippen LogP contribution in [0.5, 0.6) is 0 Å². The summed E-state index contributed by atoms with van der Waals surface area (Å²) in [6.45, 7) is 1.49. The monoisotopic (exact) mass is 356 g/mol. The third-order valence-electron chi connectivity index (χ3n) is 3.60. The van der Waals surface area contributed by atoms with Gasteiger partial charge in [0.15, 0.2) is 6.61 Å². The predicted molar refractivity (Wildman–Crippen MR) is 95.9 cm³/mol. The number of amides is 2. The van der Waals surface area contributed by atoms with Crippen LogP contribution >= 0.6 is 11.8 Å². The third kappa shape index (κ3) is 4.19. The summed E-state index contributed by atoms with van der Waals surface area (Å²) in [7, 11) is 0. The van der Waals surface area contributed by atoms with Gasteiger partial charge in [-0.3, -0.25) is 9.59 Å². The maximum absolute atomic E-state index is 12.1. The minimum Gasteiger partial charge on any atom is -0.452 e. The van der Waals surface area contributed by atoms with Gasteiger partial charge in [0.25, 0.3) is 5.91 Å². The zero-order valence-corrected chi connectivity index (χ0v) is 14.3. The molecule has 0 spiro atoms. The van der Waals surface area contributed by atoms with Crippen LogP contribution in [0.3, 0.4) is 0 Å². The number of hydrogen-bond donors (Lipinski definition) is 2. The molecule has 0 aliphatic carbocycles. The molecule has 1 aliphatic rings. The van der Waals surface area contributed by atoms with Gasteiger partial charge >= 0.3 is 5.97 Å². The lowest BCUT2D eigenvalue weighted by molar-refractivity contribution is -0.119. The van der Waals surface area contributed by atoms with Gasteiger partial charge in [-0.15, -0.1) is 11.8 Å². The minimum atomic E-state index is -0.618. The number of fused-ring (bicyclic) bond motifs is 1. The van der Waals surface area contributed by atoms with Gasteiger partial charge in [-0.25, -0.2) is 4.79 Å². The maximum atomic E-state index is 12.1. The molecule has 6 nitrogen and oxygen atoms in total. The van der Waals surface area contributed by atoms with E-state index in [9.17, 15) is 14.4 Å². The van der Waals surface area contributed by atoms with Gasteiger partial charge in [-0.1, -0.05) is 18.2 Å². The van der Waals surface area contributed by atoms with Gasteiger partial charge in [0.05, 0.1) is 17.0 Å². The molecule has 25 heavy (non-hydrogen) atoms. The van der Waals surface area contributed by atoms with Crippen LogP contribution in [0.1, 0.15) is 15.9 Å². The fourth-order valence-corrected chi connectivity index (χ4v) is 3.11. The molecule has 0 radical (unpaired) electrons. The van der Waals surface area contributed by atoms with Crippen LogP contribution in [0.4, 0.5) is 11.4 Å². The summed E-state index contributed by atoms with van der Waals surface area (Å²) in [5.74, 6) is -0.784. The van der Waals surface area contributed by atoms with E-state index >= 15 is 0 Å².